The summed E-state index contributed by atoms with van der Waals surface area (Å²) in [6.07, 6.45) is 7.83. The van der Waals surface area contributed by atoms with Crippen LogP contribution in [0.25, 0.3) is 22.6 Å². The molecular formula is C41H30F2N4O2. The zero-order valence-electron chi connectivity index (χ0n) is 26.4. The van der Waals surface area contributed by atoms with Crippen LogP contribution in [-0.2, 0) is 4.79 Å². The molecule has 0 bridgehead atoms. The Kier molecular flexibility index (Phi) is 6.97. The lowest BCUT2D eigenvalue weighted by molar-refractivity contribution is -0.114. The predicted octanol–water partition coefficient (Wildman–Crippen LogP) is 9.11. The summed E-state index contributed by atoms with van der Waals surface area (Å²) >= 11 is 0. The Morgan fingerprint density at radius 3 is 2.00 bits per heavy atom. The number of rotatable bonds is 7. The number of benzene rings is 4. The van der Waals surface area contributed by atoms with E-state index in [1.807, 2.05) is 77.5 Å². The van der Waals surface area contributed by atoms with Crippen molar-refractivity contribution in [3.63, 3.8) is 0 Å². The van der Waals surface area contributed by atoms with E-state index in [9.17, 15) is 13.6 Å². The van der Waals surface area contributed by atoms with Gasteiger partial charge in [0, 0.05) is 17.4 Å². The van der Waals surface area contributed by atoms with Crippen molar-refractivity contribution in [2.75, 3.05) is 5.01 Å². The van der Waals surface area contributed by atoms with Crippen LogP contribution in [0, 0.1) is 17.6 Å². The molecule has 2 fully saturated rings. The number of hydrogen-bond acceptors (Lipinski definition) is 4. The van der Waals surface area contributed by atoms with Crippen molar-refractivity contribution in [2.24, 2.45) is 11.0 Å². The summed E-state index contributed by atoms with van der Waals surface area (Å²) in [6, 6.07) is 31.6. The van der Waals surface area contributed by atoms with Gasteiger partial charge in [0.05, 0.1) is 33.9 Å². The van der Waals surface area contributed by atoms with Gasteiger partial charge in [0.2, 0.25) is 5.88 Å². The molecule has 240 valence electrons. The van der Waals surface area contributed by atoms with E-state index in [-0.39, 0.29) is 29.4 Å². The standard InChI is InChI=1S/C41H30F2N4O2/c42-30-19-15-25(16-20-30)34(37-39(28-13-14-28)44-46(40(37)48)32-7-3-1-4-8-32)23-29-24-35(26-17-21-31(43)22-18-26)49-41-36(29)38(27-11-12-27)45-47(41)33-9-5-2-6-10-33/h1-10,15-24,27-28H,11-14H2/b29-23+,37-34+. The molecule has 2 aliphatic heterocycles. The third kappa shape index (κ3) is 5.39. The normalized spacial score (nSPS) is 19.0. The Morgan fingerprint density at radius 1 is 0.755 bits per heavy atom. The highest BCUT2D eigenvalue weighted by atomic mass is 19.1. The van der Waals surface area contributed by atoms with E-state index in [0.717, 1.165) is 53.9 Å². The molecule has 0 radical (unpaired) electrons. The van der Waals surface area contributed by atoms with Gasteiger partial charge < -0.3 is 4.74 Å². The molecule has 0 saturated heterocycles. The number of carbonyl (C=O) groups excluding carboxylic acids is 1. The Morgan fingerprint density at radius 2 is 1.37 bits per heavy atom. The van der Waals surface area contributed by atoms with E-state index in [4.69, 9.17) is 14.9 Å². The molecule has 0 N–H and O–H groups in total. The number of ether oxygens (including phenoxy) is 1. The Balaban J connectivity index is 1.31. The first-order chi connectivity index (χ1) is 24.0. The average molecular weight is 649 g/mol. The largest absolute Gasteiger partial charge is 0.438 e. The van der Waals surface area contributed by atoms with Crippen molar-refractivity contribution in [3.8, 4) is 11.6 Å². The van der Waals surface area contributed by atoms with Crippen LogP contribution in [0.2, 0.25) is 0 Å². The number of fused-ring (bicyclic) bond motifs is 1. The van der Waals surface area contributed by atoms with Crippen molar-refractivity contribution in [1.29, 1.82) is 0 Å². The van der Waals surface area contributed by atoms with E-state index in [2.05, 4.69) is 0 Å². The van der Waals surface area contributed by atoms with Crippen molar-refractivity contribution in [3.05, 3.63) is 161 Å². The summed E-state index contributed by atoms with van der Waals surface area (Å²) in [4.78, 5) is 14.5. The topological polar surface area (TPSA) is 59.7 Å². The lowest BCUT2D eigenvalue weighted by Crippen LogP contribution is -2.22. The summed E-state index contributed by atoms with van der Waals surface area (Å²) in [5.74, 6) is 0.526. The van der Waals surface area contributed by atoms with Crippen molar-refractivity contribution in [1.82, 2.24) is 9.78 Å². The van der Waals surface area contributed by atoms with Crippen LogP contribution in [0.4, 0.5) is 14.5 Å². The molecule has 6 nitrogen and oxygen atoms in total. The van der Waals surface area contributed by atoms with Gasteiger partial charge in [-0.15, -0.1) is 0 Å². The molecule has 4 aliphatic rings. The summed E-state index contributed by atoms with van der Waals surface area (Å²) in [5, 5.41) is 11.5. The fourth-order valence-corrected chi connectivity index (χ4v) is 6.53. The lowest BCUT2D eigenvalue weighted by Gasteiger charge is -2.21. The van der Waals surface area contributed by atoms with Crippen LogP contribution in [0.15, 0.2) is 132 Å². The number of allylic oxidation sites excluding steroid dienone is 4. The summed E-state index contributed by atoms with van der Waals surface area (Å²) < 4.78 is 36.9. The highest BCUT2D eigenvalue weighted by molar-refractivity contribution is 6.36. The molecular weight excluding hydrogens is 618 g/mol. The van der Waals surface area contributed by atoms with E-state index in [0.29, 0.717) is 39.6 Å². The van der Waals surface area contributed by atoms with E-state index in [1.165, 1.54) is 29.3 Å². The molecule has 1 amide bonds. The SMILES string of the molecule is O=C1/C(=C(\C=C2/C=C(c3ccc(F)cc3)Oc3c2c(C2CC2)nn3-c2ccccc2)c2ccc(F)cc2)C(C2CC2)=NN1c1ccccc1. The van der Waals surface area contributed by atoms with E-state index >= 15 is 0 Å². The second kappa shape index (κ2) is 11.7. The minimum Gasteiger partial charge on any atom is -0.438 e. The first-order valence-electron chi connectivity index (χ1n) is 16.6. The fraction of sp³-hybridized carbons (Fsp3) is 0.146. The van der Waals surface area contributed by atoms with Gasteiger partial charge in [0.1, 0.15) is 17.4 Å². The first kappa shape index (κ1) is 29.3. The maximum atomic E-state index is 14.5. The number of hydrazone groups is 1. The van der Waals surface area contributed by atoms with Gasteiger partial charge in [0.25, 0.3) is 5.91 Å². The van der Waals surface area contributed by atoms with Gasteiger partial charge in [-0.1, -0.05) is 48.5 Å². The molecule has 0 atom stereocenters. The summed E-state index contributed by atoms with van der Waals surface area (Å²) in [5.41, 5.74) is 7.33. The zero-order valence-corrected chi connectivity index (χ0v) is 26.4. The Labute approximate surface area is 282 Å². The highest BCUT2D eigenvalue weighted by Crippen LogP contribution is 2.50. The van der Waals surface area contributed by atoms with Crippen LogP contribution in [-0.4, -0.2) is 21.4 Å². The maximum Gasteiger partial charge on any atom is 0.281 e. The number of para-hydroxylation sites is 2. The molecule has 0 spiro atoms. The van der Waals surface area contributed by atoms with E-state index < -0.39 is 0 Å². The van der Waals surface area contributed by atoms with Crippen LogP contribution >= 0.6 is 0 Å². The van der Waals surface area contributed by atoms with Crippen LogP contribution in [0.1, 0.15) is 54.0 Å². The molecule has 0 unspecified atom stereocenters. The highest BCUT2D eigenvalue weighted by Gasteiger charge is 2.42. The van der Waals surface area contributed by atoms with Gasteiger partial charge in [-0.25, -0.2) is 8.78 Å². The van der Waals surface area contributed by atoms with Crippen LogP contribution in [0.5, 0.6) is 5.88 Å². The smallest absolute Gasteiger partial charge is 0.281 e. The lowest BCUT2D eigenvalue weighted by atomic mass is 9.90. The summed E-state index contributed by atoms with van der Waals surface area (Å²) in [6.45, 7) is 0. The molecule has 4 aromatic carbocycles. The molecule has 2 aliphatic carbocycles. The third-order valence-corrected chi connectivity index (χ3v) is 9.30. The minimum absolute atomic E-state index is 0.153. The predicted molar refractivity (Wildman–Crippen MR) is 186 cm³/mol. The van der Waals surface area contributed by atoms with Crippen molar-refractivity contribution in [2.45, 2.75) is 31.6 Å². The second-order valence-electron chi connectivity index (χ2n) is 12.8. The van der Waals surface area contributed by atoms with Crippen LogP contribution in [0.3, 0.4) is 0 Å². The van der Waals surface area contributed by atoms with Gasteiger partial charge in [0.15, 0.2) is 0 Å². The molecule has 9 rings (SSSR count). The van der Waals surface area contributed by atoms with Gasteiger partial charge in [-0.2, -0.15) is 19.9 Å². The number of amides is 1. The molecule has 1 aromatic heterocycles. The number of anilines is 1. The molecule has 2 saturated carbocycles. The molecule has 3 heterocycles. The Hall–Kier alpha value is -5.89. The van der Waals surface area contributed by atoms with E-state index in [1.54, 1.807) is 24.3 Å². The number of aromatic nitrogens is 2. The average Bonchev–Trinajstić information content (AvgIpc) is 4.08. The van der Waals surface area contributed by atoms with Gasteiger partial charge in [-0.05, 0) is 115 Å². The molecule has 5 aromatic rings. The second-order valence-corrected chi connectivity index (χ2v) is 12.8. The van der Waals surface area contributed by atoms with Gasteiger partial charge in [-0.3, -0.25) is 4.79 Å². The fourth-order valence-electron chi connectivity index (χ4n) is 6.53. The Bertz CT molecular complexity index is 2230. The zero-order chi connectivity index (χ0) is 33.1. The van der Waals surface area contributed by atoms with Crippen molar-refractivity contribution >= 4 is 34.2 Å². The minimum atomic E-state index is -0.368. The van der Waals surface area contributed by atoms with Crippen molar-refractivity contribution < 1.29 is 18.3 Å². The quantitative estimate of drug-likeness (QED) is 0.166. The monoisotopic (exact) mass is 648 g/mol. The maximum absolute atomic E-state index is 14.5. The summed E-state index contributed by atoms with van der Waals surface area (Å²) in [7, 11) is 0. The molecule has 8 heteroatoms. The van der Waals surface area contributed by atoms with Gasteiger partial charge >= 0.3 is 0 Å². The number of hydrogen-bond donors (Lipinski definition) is 0. The third-order valence-electron chi connectivity index (χ3n) is 9.30. The number of carbonyl (C=O) groups is 1. The number of halogens is 2. The molecule has 49 heavy (non-hydrogen) atoms. The number of nitrogens with zero attached hydrogens (tertiary/aromatic N) is 4. The first-order valence-corrected chi connectivity index (χ1v) is 16.6. The van der Waals surface area contributed by atoms with Crippen LogP contribution < -0.4 is 9.75 Å².